The number of methoxy groups -OCH3 is 3. The molecular formula is C20H22N4O3. The molecule has 1 aromatic heterocycles. The molecule has 140 valence electrons. The molecular weight excluding hydrogens is 344 g/mol. The summed E-state index contributed by atoms with van der Waals surface area (Å²) in [5.41, 5.74) is 1.88. The quantitative estimate of drug-likeness (QED) is 0.627. The zero-order valence-corrected chi connectivity index (χ0v) is 15.5. The molecule has 1 heterocycles. The minimum absolute atomic E-state index is 0.471. The van der Waals surface area contributed by atoms with Crippen LogP contribution in [0.15, 0.2) is 54.7 Å². The Morgan fingerprint density at radius 3 is 2.30 bits per heavy atom. The van der Waals surface area contributed by atoms with Crippen LogP contribution in [0.2, 0.25) is 0 Å². The van der Waals surface area contributed by atoms with Crippen LogP contribution in [0, 0.1) is 0 Å². The normalized spacial score (nSPS) is 10.2. The van der Waals surface area contributed by atoms with Crippen molar-refractivity contribution >= 4 is 17.5 Å². The minimum atomic E-state index is 0.471. The fourth-order valence-electron chi connectivity index (χ4n) is 2.48. The molecule has 0 fully saturated rings. The number of nitrogens with zero attached hydrogens (tertiary/aromatic N) is 2. The molecule has 7 nitrogen and oxygen atoms in total. The third-order valence-corrected chi connectivity index (χ3v) is 3.94. The summed E-state index contributed by atoms with van der Waals surface area (Å²) in [6.07, 6.45) is 1.70. The van der Waals surface area contributed by atoms with Crippen molar-refractivity contribution in [2.45, 2.75) is 6.54 Å². The number of hydrogen-bond acceptors (Lipinski definition) is 7. The first-order valence-corrected chi connectivity index (χ1v) is 8.40. The van der Waals surface area contributed by atoms with Crippen LogP contribution < -0.4 is 24.8 Å². The minimum Gasteiger partial charge on any atom is -0.497 e. The molecule has 0 amide bonds. The van der Waals surface area contributed by atoms with E-state index in [1.54, 1.807) is 33.6 Å². The lowest BCUT2D eigenvalue weighted by atomic mass is 10.2. The fraction of sp³-hybridized carbons (Fsp3) is 0.200. The molecule has 0 aliphatic carbocycles. The second-order valence-electron chi connectivity index (χ2n) is 5.66. The summed E-state index contributed by atoms with van der Waals surface area (Å²) >= 11 is 0. The van der Waals surface area contributed by atoms with Gasteiger partial charge in [0.05, 0.1) is 27.0 Å². The van der Waals surface area contributed by atoms with E-state index in [0.717, 1.165) is 22.8 Å². The van der Waals surface area contributed by atoms with Gasteiger partial charge in [-0.2, -0.15) is 4.98 Å². The van der Waals surface area contributed by atoms with Crippen molar-refractivity contribution in [2.24, 2.45) is 0 Å². The fourth-order valence-corrected chi connectivity index (χ4v) is 2.48. The average molecular weight is 366 g/mol. The molecule has 0 radical (unpaired) electrons. The topological polar surface area (TPSA) is 77.5 Å². The summed E-state index contributed by atoms with van der Waals surface area (Å²) < 4.78 is 15.8. The first-order chi connectivity index (χ1) is 13.2. The smallest absolute Gasteiger partial charge is 0.229 e. The van der Waals surface area contributed by atoms with Gasteiger partial charge in [-0.05, 0) is 35.9 Å². The summed E-state index contributed by atoms with van der Waals surface area (Å²) in [7, 11) is 4.87. The summed E-state index contributed by atoms with van der Waals surface area (Å²) in [6, 6.07) is 15.2. The first-order valence-electron chi connectivity index (χ1n) is 8.40. The molecule has 2 aromatic carbocycles. The van der Waals surface area contributed by atoms with Crippen LogP contribution in [-0.4, -0.2) is 31.3 Å². The number of ether oxygens (including phenoxy) is 3. The van der Waals surface area contributed by atoms with Crippen LogP contribution in [0.25, 0.3) is 0 Å². The van der Waals surface area contributed by atoms with Gasteiger partial charge >= 0.3 is 0 Å². The van der Waals surface area contributed by atoms with E-state index in [-0.39, 0.29) is 0 Å². The van der Waals surface area contributed by atoms with Gasteiger partial charge in [0.2, 0.25) is 5.95 Å². The Morgan fingerprint density at radius 1 is 0.852 bits per heavy atom. The Hall–Kier alpha value is -3.48. The molecule has 0 aliphatic rings. The standard InChI is InChI=1S/C20H22N4O3/c1-25-15-6-4-14(5-7-15)13-22-19-10-11-21-20(24-19)23-17-9-8-16(26-2)12-18(17)27-3/h4-12H,13H2,1-3H3,(H2,21,22,23,24). The SMILES string of the molecule is COc1ccc(CNc2ccnc(Nc3ccc(OC)cc3OC)n2)cc1. The van der Waals surface area contributed by atoms with Gasteiger partial charge in [0.1, 0.15) is 23.1 Å². The lowest BCUT2D eigenvalue weighted by molar-refractivity contribution is 0.395. The van der Waals surface area contributed by atoms with Crippen molar-refractivity contribution < 1.29 is 14.2 Å². The van der Waals surface area contributed by atoms with E-state index < -0.39 is 0 Å². The van der Waals surface area contributed by atoms with Crippen LogP contribution in [0.1, 0.15) is 5.56 Å². The largest absolute Gasteiger partial charge is 0.497 e. The predicted octanol–water partition coefficient (Wildman–Crippen LogP) is 3.86. The van der Waals surface area contributed by atoms with Crippen molar-refractivity contribution in [1.82, 2.24) is 9.97 Å². The summed E-state index contributed by atoms with van der Waals surface area (Å²) in [4.78, 5) is 8.75. The van der Waals surface area contributed by atoms with Crippen LogP contribution in [0.5, 0.6) is 17.2 Å². The predicted molar refractivity (Wildman–Crippen MR) is 105 cm³/mol. The van der Waals surface area contributed by atoms with E-state index in [4.69, 9.17) is 14.2 Å². The third-order valence-electron chi connectivity index (χ3n) is 3.94. The zero-order chi connectivity index (χ0) is 19.1. The van der Waals surface area contributed by atoms with Gasteiger partial charge in [0.15, 0.2) is 0 Å². The van der Waals surface area contributed by atoms with Gasteiger partial charge in [0.25, 0.3) is 0 Å². The number of nitrogens with one attached hydrogen (secondary N) is 2. The lowest BCUT2D eigenvalue weighted by Crippen LogP contribution is -2.04. The molecule has 0 atom stereocenters. The zero-order valence-electron chi connectivity index (χ0n) is 15.5. The number of rotatable bonds is 8. The van der Waals surface area contributed by atoms with Gasteiger partial charge in [0, 0.05) is 18.8 Å². The van der Waals surface area contributed by atoms with Crippen LogP contribution >= 0.6 is 0 Å². The van der Waals surface area contributed by atoms with Crippen LogP contribution in [-0.2, 0) is 6.54 Å². The molecule has 3 aromatic rings. The van der Waals surface area contributed by atoms with Gasteiger partial charge in [-0.3, -0.25) is 0 Å². The van der Waals surface area contributed by atoms with Crippen molar-refractivity contribution in [1.29, 1.82) is 0 Å². The highest BCUT2D eigenvalue weighted by molar-refractivity contribution is 5.64. The third kappa shape index (κ3) is 4.78. The molecule has 0 unspecified atom stereocenters. The molecule has 2 N–H and O–H groups in total. The Bertz CT molecular complexity index is 885. The molecule has 3 rings (SSSR count). The van der Waals surface area contributed by atoms with Gasteiger partial charge in [-0.25, -0.2) is 4.98 Å². The average Bonchev–Trinajstić information content (AvgIpc) is 2.73. The van der Waals surface area contributed by atoms with E-state index >= 15 is 0 Å². The van der Waals surface area contributed by atoms with Crippen molar-refractivity contribution in [2.75, 3.05) is 32.0 Å². The summed E-state index contributed by atoms with van der Waals surface area (Å²) in [5.74, 6) is 3.39. The monoisotopic (exact) mass is 366 g/mol. The van der Waals surface area contributed by atoms with Crippen LogP contribution in [0.3, 0.4) is 0 Å². The molecule has 27 heavy (non-hydrogen) atoms. The first kappa shape index (κ1) is 18.3. The molecule has 0 saturated heterocycles. The summed E-state index contributed by atoms with van der Waals surface area (Å²) in [5, 5.41) is 6.46. The highest BCUT2D eigenvalue weighted by atomic mass is 16.5. The van der Waals surface area contributed by atoms with Crippen LogP contribution in [0.4, 0.5) is 17.5 Å². The van der Waals surface area contributed by atoms with Crippen molar-refractivity contribution in [3.8, 4) is 17.2 Å². The van der Waals surface area contributed by atoms with E-state index in [0.29, 0.717) is 24.0 Å². The molecule has 0 aliphatic heterocycles. The van der Waals surface area contributed by atoms with Gasteiger partial charge < -0.3 is 24.8 Å². The second-order valence-corrected chi connectivity index (χ2v) is 5.66. The van der Waals surface area contributed by atoms with E-state index in [1.165, 1.54) is 0 Å². The lowest BCUT2D eigenvalue weighted by Gasteiger charge is -2.12. The number of benzene rings is 2. The Labute approximate surface area is 158 Å². The number of hydrogen-bond donors (Lipinski definition) is 2. The molecule has 0 bridgehead atoms. The second kappa shape index (κ2) is 8.75. The number of anilines is 3. The Kier molecular flexibility index (Phi) is 5.94. The maximum Gasteiger partial charge on any atom is 0.229 e. The number of aromatic nitrogens is 2. The van der Waals surface area contributed by atoms with Gasteiger partial charge in [-0.15, -0.1) is 0 Å². The molecule has 0 spiro atoms. The molecule has 0 saturated carbocycles. The van der Waals surface area contributed by atoms with E-state index in [9.17, 15) is 0 Å². The summed E-state index contributed by atoms with van der Waals surface area (Å²) in [6.45, 7) is 0.645. The Morgan fingerprint density at radius 2 is 1.59 bits per heavy atom. The highest BCUT2D eigenvalue weighted by Gasteiger charge is 2.07. The maximum atomic E-state index is 5.39. The molecule has 7 heteroatoms. The van der Waals surface area contributed by atoms with E-state index in [2.05, 4.69) is 20.6 Å². The van der Waals surface area contributed by atoms with Gasteiger partial charge in [-0.1, -0.05) is 12.1 Å². The Balaban J connectivity index is 1.68. The van der Waals surface area contributed by atoms with Crippen molar-refractivity contribution in [3.05, 3.63) is 60.3 Å². The van der Waals surface area contributed by atoms with Crippen molar-refractivity contribution in [3.63, 3.8) is 0 Å². The highest BCUT2D eigenvalue weighted by Crippen LogP contribution is 2.30. The maximum absolute atomic E-state index is 5.39. The van der Waals surface area contributed by atoms with E-state index in [1.807, 2.05) is 42.5 Å².